The summed E-state index contributed by atoms with van der Waals surface area (Å²) in [5, 5.41) is 3.91. The molecule has 0 saturated carbocycles. The molecule has 1 aromatic rings. The van der Waals surface area contributed by atoms with Gasteiger partial charge in [-0.25, -0.2) is 8.42 Å². The summed E-state index contributed by atoms with van der Waals surface area (Å²) in [5.74, 6) is -0.0125. The molecule has 126 valence electrons. The van der Waals surface area contributed by atoms with Crippen molar-refractivity contribution >= 4 is 27.5 Å². The predicted molar refractivity (Wildman–Crippen MR) is 88.8 cm³/mol. The Kier molecular flexibility index (Phi) is 4.91. The van der Waals surface area contributed by atoms with Gasteiger partial charge in [0.1, 0.15) is 0 Å². The van der Waals surface area contributed by atoms with Crippen LogP contribution in [0.25, 0.3) is 0 Å². The lowest BCUT2D eigenvalue weighted by Crippen LogP contribution is -2.51. The van der Waals surface area contributed by atoms with Crippen molar-refractivity contribution in [3.05, 3.63) is 34.9 Å². The lowest BCUT2D eigenvalue weighted by molar-refractivity contribution is -0.134. The first-order chi connectivity index (χ1) is 11.0. The van der Waals surface area contributed by atoms with Gasteiger partial charge in [-0.1, -0.05) is 23.7 Å². The molecule has 1 amide bonds. The number of nitrogens with zero attached hydrogens (tertiary/aromatic N) is 2. The number of hydrogen-bond donors (Lipinski definition) is 1. The van der Waals surface area contributed by atoms with Crippen LogP contribution in [0, 0.1) is 0 Å². The van der Waals surface area contributed by atoms with E-state index in [9.17, 15) is 13.2 Å². The standard InChI is InChI=1S/C15H20ClN3O3S/c16-13-4-1-3-12(9-13)14-10-17-5-7-19(14)15(20)11-18-6-2-8-23(18,21)22/h1,3-4,9,14,17H,2,5-8,10-11H2. The molecular weight excluding hydrogens is 338 g/mol. The van der Waals surface area contributed by atoms with Gasteiger partial charge in [-0.05, 0) is 24.1 Å². The number of nitrogens with one attached hydrogen (secondary N) is 1. The van der Waals surface area contributed by atoms with Crippen LogP contribution in [0.3, 0.4) is 0 Å². The normalized spacial score (nSPS) is 24.7. The van der Waals surface area contributed by atoms with Crippen molar-refractivity contribution in [3.8, 4) is 0 Å². The van der Waals surface area contributed by atoms with Gasteiger partial charge in [0.05, 0.1) is 18.3 Å². The highest BCUT2D eigenvalue weighted by atomic mass is 35.5. The van der Waals surface area contributed by atoms with E-state index in [0.29, 0.717) is 37.6 Å². The molecule has 2 heterocycles. The van der Waals surface area contributed by atoms with Crippen LogP contribution in [0.2, 0.25) is 5.02 Å². The molecule has 2 fully saturated rings. The molecule has 23 heavy (non-hydrogen) atoms. The molecule has 0 spiro atoms. The average Bonchev–Trinajstić information content (AvgIpc) is 2.86. The summed E-state index contributed by atoms with van der Waals surface area (Å²) >= 11 is 6.05. The van der Waals surface area contributed by atoms with Crippen LogP contribution in [0.1, 0.15) is 18.0 Å². The van der Waals surface area contributed by atoms with Gasteiger partial charge < -0.3 is 10.2 Å². The summed E-state index contributed by atoms with van der Waals surface area (Å²) in [6, 6.07) is 7.33. The van der Waals surface area contributed by atoms with Crippen LogP contribution in [0.15, 0.2) is 24.3 Å². The van der Waals surface area contributed by atoms with Crippen LogP contribution in [0.5, 0.6) is 0 Å². The number of sulfonamides is 1. The summed E-state index contributed by atoms with van der Waals surface area (Å²) in [5.41, 5.74) is 0.960. The van der Waals surface area contributed by atoms with Crippen LogP contribution in [-0.2, 0) is 14.8 Å². The van der Waals surface area contributed by atoms with Crippen molar-refractivity contribution in [2.45, 2.75) is 12.5 Å². The van der Waals surface area contributed by atoms with E-state index in [1.54, 1.807) is 11.0 Å². The smallest absolute Gasteiger partial charge is 0.238 e. The SMILES string of the molecule is O=C(CN1CCCS1(=O)=O)N1CCNCC1c1cccc(Cl)c1. The molecule has 2 saturated heterocycles. The van der Waals surface area contributed by atoms with E-state index in [1.165, 1.54) is 4.31 Å². The van der Waals surface area contributed by atoms with E-state index in [1.807, 2.05) is 18.2 Å². The van der Waals surface area contributed by atoms with Crippen LogP contribution in [-0.4, -0.2) is 62.0 Å². The van der Waals surface area contributed by atoms with Gasteiger partial charge in [0.2, 0.25) is 15.9 Å². The molecular formula is C15H20ClN3O3S. The first kappa shape index (κ1) is 16.7. The zero-order valence-corrected chi connectivity index (χ0v) is 14.3. The van der Waals surface area contributed by atoms with Crippen molar-refractivity contribution in [2.75, 3.05) is 38.5 Å². The van der Waals surface area contributed by atoms with E-state index in [-0.39, 0.29) is 24.2 Å². The Morgan fingerprint density at radius 2 is 2.17 bits per heavy atom. The first-order valence-corrected chi connectivity index (χ1v) is 9.69. The van der Waals surface area contributed by atoms with Gasteiger partial charge in [-0.15, -0.1) is 0 Å². The number of piperazine rings is 1. The maximum Gasteiger partial charge on any atom is 0.238 e. The Morgan fingerprint density at radius 1 is 1.35 bits per heavy atom. The summed E-state index contributed by atoms with van der Waals surface area (Å²) in [6.07, 6.45) is 0.592. The molecule has 1 unspecified atom stereocenters. The van der Waals surface area contributed by atoms with Gasteiger partial charge in [-0.2, -0.15) is 4.31 Å². The van der Waals surface area contributed by atoms with E-state index in [0.717, 1.165) is 5.56 Å². The predicted octanol–water partition coefficient (Wildman–Crippen LogP) is 0.848. The molecule has 0 aromatic heterocycles. The van der Waals surface area contributed by atoms with Gasteiger partial charge in [0.25, 0.3) is 0 Å². The molecule has 1 aromatic carbocycles. The maximum atomic E-state index is 12.7. The minimum Gasteiger partial charge on any atom is -0.332 e. The quantitative estimate of drug-likeness (QED) is 0.870. The summed E-state index contributed by atoms with van der Waals surface area (Å²) < 4.78 is 25.1. The second kappa shape index (κ2) is 6.76. The van der Waals surface area contributed by atoms with Crippen LogP contribution >= 0.6 is 11.6 Å². The van der Waals surface area contributed by atoms with Crippen molar-refractivity contribution in [1.29, 1.82) is 0 Å². The van der Waals surface area contributed by atoms with Crippen LogP contribution < -0.4 is 5.32 Å². The average molecular weight is 358 g/mol. The minimum atomic E-state index is -3.26. The Morgan fingerprint density at radius 3 is 2.87 bits per heavy atom. The topological polar surface area (TPSA) is 69.7 Å². The monoisotopic (exact) mass is 357 g/mol. The molecule has 0 aliphatic carbocycles. The minimum absolute atomic E-state index is 0.0700. The van der Waals surface area contributed by atoms with Crippen LogP contribution in [0.4, 0.5) is 0 Å². The van der Waals surface area contributed by atoms with Gasteiger partial charge in [0.15, 0.2) is 0 Å². The summed E-state index contributed by atoms with van der Waals surface area (Å²) in [7, 11) is -3.26. The van der Waals surface area contributed by atoms with Gasteiger partial charge in [-0.3, -0.25) is 4.79 Å². The van der Waals surface area contributed by atoms with Crippen molar-refractivity contribution < 1.29 is 13.2 Å². The third kappa shape index (κ3) is 3.68. The second-order valence-corrected chi connectivity index (χ2v) is 8.39. The summed E-state index contributed by atoms with van der Waals surface area (Å²) in [6.45, 7) is 2.26. The van der Waals surface area contributed by atoms with E-state index < -0.39 is 10.0 Å². The van der Waals surface area contributed by atoms with Gasteiger partial charge >= 0.3 is 0 Å². The largest absolute Gasteiger partial charge is 0.332 e. The molecule has 3 rings (SSSR count). The lowest BCUT2D eigenvalue weighted by atomic mass is 10.0. The number of rotatable bonds is 3. The van der Waals surface area contributed by atoms with Crippen molar-refractivity contribution in [2.24, 2.45) is 0 Å². The molecule has 0 radical (unpaired) electrons. The highest BCUT2D eigenvalue weighted by Gasteiger charge is 2.34. The number of halogens is 1. The molecule has 1 N–H and O–H groups in total. The Balaban J connectivity index is 1.77. The Bertz CT molecular complexity index is 695. The fourth-order valence-electron chi connectivity index (χ4n) is 3.13. The molecule has 0 bridgehead atoms. The number of benzene rings is 1. The lowest BCUT2D eigenvalue weighted by Gasteiger charge is -2.37. The maximum absolute atomic E-state index is 12.7. The number of hydrogen-bond acceptors (Lipinski definition) is 4. The molecule has 1 atom stereocenters. The zero-order valence-electron chi connectivity index (χ0n) is 12.7. The summed E-state index contributed by atoms with van der Waals surface area (Å²) in [4.78, 5) is 14.4. The van der Waals surface area contributed by atoms with Crippen molar-refractivity contribution in [1.82, 2.24) is 14.5 Å². The molecule has 8 heteroatoms. The van der Waals surface area contributed by atoms with E-state index in [2.05, 4.69) is 5.32 Å². The molecule has 2 aliphatic rings. The molecule has 6 nitrogen and oxygen atoms in total. The molecule has 2 aliphatic heterocycles. The number of carbonyl (C=O) groups is 1. The van der Waals surface area contributed by atoms with Gasteiger partial charge in [0, 0.05) is 31.2 Å². The van der Waals surface area contributed by atoms with E-state index in [4.69, 9.17) is 11.6 Å². The Hall–Kier alpha value is -1.15. The highest BCUT2D eigenvalue weighted by Crippen LogP contribution is 2.25. The third-order valence-electron chi connectivity index (χ3n) is 4.31. The zero-order chi connectivity index (χ0) is 16.4. The second-order valence-electron chi connectivity index (χ2n) is 5.87. The Labute approximate surface area is 141 Å². The van der Waals surface area contributed by atoms with E-state index >= 15 is 0 Å². The number of carbonyl (C=O) groups excluding carboxylic acids is 1. The third-order valence-corrected chi connectivity index (χ3v) is 6.45. The van der Waals surface area contributed by atoms with Crippen molar-refractivity contribution in [3.63, 3.8) is 0 Å². The first-order valence-electron chi connectivity index (χ1n) is 7.71. The fraction of sp³-hybridized carbons (Fsp3) is 0.533. The fourth-order valence-corrected chi connectivity index (χ4v) is 4.79. The highest BCUT2D eigenvalue weighted by molar-refractivity contribution is 7.89. The number of amides is 1.